The molecule has 2 rings (SSSR count). The SMILES string of the molecule is CCCCCCOc1ccc(C#CC(=O)c2ccc([N+](=O)[O-])cc2)cc1. The van der Waals surface area contributed by atoms with Crippen LogP contribution >= 0.6 is 0 Å². The second-order valence-electron chi connectivity index (χ2n) is 5.82. The van der Waals surface area contributed by atoms with E-state index in [1.807, 2.05) is 12.1 Å². The predicted octanol–water partition coefficient (Wildman–Crippen LogP) is 4.79. The van der Waals surface area contributed by atoms with Crippen LogP contribution in [0.5, 0.6) is 5.75 Å². The first kappa shape index (κ1) is 19.2. The summed E-state index contributed by atoms with van der Waals surface area (Å²) in [6.07, 6.45) is 4.64. The first-order valence-corrected chi connectivity index (χ1v) is 8.64. The van der Waals surface area contributed by atoms with Crippen LogP contribution in [0.15, 0.2) is 48.5 Å². The van der Waals surface area contributed by atoms with Crippen LogP contribution in [0.25, 0.3) is 0 Å². The standard InChI is InChI=1S/C21H21NO4/c1-2-3-4-5-16-26-20-13-6-17(7-14-20)8-15-21(23)18-9-11-19(12-10-18)22(24)25/h6-7,9-14H,2-5,16H2,1H3. The number of carbonyl (C=O) groups is 1. The molecule has 5 heteroatoms. The average Bonchev–Trinajstić information content (AvgIpc) is 2.67. The molecule has 0 amide bonds. The summed E-state index contributed by atoms with van der Waals surface area (Å²) in [6.45, 7) is 2.87. The number of nitro benzene ring substituents is 1. The Balaban J connectivity index is 1.90. The third-order valence-electron chi connectivity index (χ3n) is 3.78. The molecular formula is C21H21NO4. The molecule has 0 heterocycles. The number of rotatable bonds is 8. The zero-order valence-corrected chi connectivity index (χ0v) is 14.7. The Labute approximate surface area is 153 Å². The van der Waals surface area contributed by atoms with Crippen LogP contribution in [0.2, 0.25) is 0 Å². The van der Waals surface area contributed by atoms with Gasteiger partial charge < -0.3 is 4.74 Å². The van der Waals surface area contributed by atoms with Crippen molar-refractivity contribution in [3.63, 3.8) is 0 Å². The molecule has 0 radical (unpaired) electrons. The van der Waals surface area contributed by atoms with E-state index in [4.69, 9.17) is 4.74 Å². The van der Waals surface area contributed by atoms with Gasteiger partial charge in [-0.3, -0.25) is 14.9 Å². The third kappa shape index (κ3) is 6.06. The molecule has 0 atom stereocenters. The molecule has 134 valence electrons. The Bertz CT molecular complexity index is 799. The third-order valence-corrected chi connectivity index (χ3v) is 3.78. The molecule has 0 aliphatic rings. The van der Waals surface area contributed by atoms with E-state index < -0.39 is 4.92 Å². The molecule has 26 heavy (non-hydrogen) atoms. The molecule has 0 aliphatic heterocycles. The Morgan fingerprint density at radius 3 is 2.35 bits per heavy atom. The van der Waals surface area contributed by atoms with Crippen molar-refractivity contribution in [3.05, 3.63) is 69.8 Å². The topological polar surface area (TPSA) is 69.4 Å². The molecule has 2 aromatic carbocycles. The fourth-order valence-corrected chi connectivity index (χ4v) is 2.29. The Morgan fingerprint density at radius 2 is 1.73 bits per heavy atom. The summed E-state index contributed by atoms with van der Waals surface area (Å²) in [7, 11) is 0. The number of non-ortho nitro benzene ring substituents is 1. The molecule has 0 aromatic heterocycles. The van der Waals surface area contributed by atoms with Gasteiger partial charge >= 0.3 is 0 Å². The molecule has 0 unspecified atom stereocenters. The lowest BCUT2D eigenvalue weighted by molar-refractivity contribution is -0.384. The second-order valence-corrected chi connectivity index (χ2v) is 5.82. The fourth-order valence-electron chi connectivity index (χ4n) is 2.29. The number of nitrogens with zero attached hydrogens (tertiary/aromatic N) is 1. The van der Waals surface area contributed by atoms with Crippen molar-refractivity contribution in [1.82, 2.24) is 0 Å². The molecule has 2 aromatic rings. The van der Waals surface area contributed by atoms with Gasteiger partial charge in [0.2, 0.25) is 5.78 Å². The summed E-state index contributed by atoms with van der Waals surface area (Å²) in [5.41, 5.74) is 0.980. The molecule has 0 fully saturated rings. The molecule has 0 saturated heterocycles. The van der Waals surface area contributed by atoms with Gasteiger partial charge in [-0.2, -0.15) is 0 Å². The van der Waals surface area contributed by atoms with Crippen molar-refractivity contribution in [3.8, 4) is 17.6 Å². The highest BCUT2D eigenvalue weighted by atomic mass is 16.6. The smallest absolute Gasteiger partial charge is 0.269 e. The zero-order chi connectivity index (χ0) is 18.8. The van der Waals surface area contributed by atoms with Crippen LogP contribution in [0, 0.1) is 22.0 Å². The number of ether oxygens (including phenoxy) is 1. The fraction of sp³-hybridized carbons (Fsp3) is 0.286. The summed E-state index contributed by atoms with van der Waals surface area (Å²) in [5, 5.41) is 10.6. The van der Waals surface area contributed by atoms with E-state index in [9.17, 15) is 14.9 Å². The lowest BCUT2D eigenvalue weighted by Gasteiger charge is -2.05. The number of hydrogen-bond acceptors (Lipinski definition) is 4. The van der Waals surface area contributed by atoms with Crippen LogP contribution in [-0.2, 0) is 0 Å². The van der Waals surface area contributed by atoms with Gasteiger partial charge in [0, 0.05) is 23.3 Å². The number of ketones is 1. The number of nitro groups is 1. The number of benzene rings is 2. The van der Waals surface area contributed by atoms with Gasteiger partial charge in [0.15, 0.2) is 0 Å². The minimum atomic E-state index is -0.507. The van der Waals surface area contributed by atoms with Gasteiger partial charge in [-0.25, -0.2) is 0 Å². The maximum Gasteiger partial charge on any atom is 0.269 e. The predicted molar refractivity (Wildman–Crippen MR) is 100 cm³/mol. The van der Waals surface area contributed by atoms with Gasteiger partial charge in [0.05, 0.1) is 11.5 Å². The lowest BCUT2D eigenvalue weighted by Crippen LogP contribution is -1.97. The number of carbonyl (C=O) groups excluding carboxylic acids is 1. The Morgan fingerprint density at radius 1 is 1.04 bits per heavy atom. The molecule has 5 nitrogen and oxygen atoms in total. The van der Waals surface area contributed by atoms with Gasteiger partial charge in [0.25, 0.3) is 5.69 Å². The summed E-state index contributed by atoms with van der Waals surface area (Å²) >= 11 is 0. The van der Waals surface area contributed by atoms with E-state index in [1.165, 1.54) is 43.5 Å². The van der Waals surface area contributed by atoms with Crippen molar-refractivity contribution in [2.45, 2.75) is 32.6 Å². The van der Waals surface area contributed by atoms with Crippen molar-refractivity contribution in [2.24, 2.45) is 0 Å². The summed E-state index contributed by atoms with van der Waals surface area (Å²) in [4.78, 5) is 22.1. The van der Waals surface area contributed by atoms with Gasteiger partial charge in [-0.15, -0.1) is 0 Å². The highest BCUT2D eigenvalue weighted by Crippen LogP contribution is 2.14. The summed E-state index contributed by atoms with van der Waals surface area (Å²) in [6, 6.07) is 12.7. The van der Waals surface area contributed by atoms with Crippen LogP contribution in [0.1, 0.15) is 48.5 Å². The van der Waals surface area contributed by atoms with E-state index in [2.05, 4.69) is 18.8 Å². The van der Waals surface area contributed by atoms with Crippen LogP contribution in [0.3, 0.4) is 0 Å². The quantitative estimate of drug-likeness (QED) is 0.225. The minimum Gasteiger partial charge on any atom is -0.494 e. The molecular weight excluding hydrogens is 330 g/mol. The van der Waals surface area contributed by atoms with E-state index >= 15 is 0 Å². The largest absolute Gasteiger partial charge is 0.494 e. The summed E-state index contributed by atoms with van der Waals surface area (Å²) < 4.78 is 5.66. The van der Waals surface area contributed by atoms with Gasteiger partial charge in [-0.05, 0) is 48.7 Å². The van der Waals surface area contributed by atoms with Gasteiger partial charge in [0.1, 0.15) is 5.75 Å². The van der Waals surface area contributed by atoms with Crippen molar-refractivity contribution in [1.29, 1.82) is 0 Å². The van der Waals surface area contributed by atoms with Gasteiger partial charge in [-0.1, -0.05) is 32.1 Å². The van der Waals surface area contributed by atoms with E-state index in [1.54, 1.807) is 12.1 Å². The lowest BCUT2D eigenvalue weighted by atomic mass is 10.1. The maximum atomic E-state index is 12.0. The Kier molecular flexibility index (Phi) is 7.38. The first-order chi connectivity index (χ1) is 12.6. The molecule has 0 aliphatic carbocycles. The number of Topliss-reactive ketones (excluding diaryl/α,β-unsaturated/α-hetero) is 1. The normalized spacial score (nSPS) is 9.88. The Hall–Kier alpha value is -3.13. The number of unbranched alkanes of at least 4 members (excludes halogenated alkanes) is 3. The molecule has 0 N–H and O–H groups in total. The maximum absolute atomic E-state index is 12.0. The van der Waals surface area contributed by atoms with Crippen molar-refractivity contribution < 1.29 is 14.5 Å². The highest BCUT2D eigenvalue weighted by Gasteiger charge is 2.07. The first-order valence-electron chi connectivity index (χ1n) is 8.64. The summed E-state index contributed by atoms with van der Waals surface area (Å²) in [5.74, 6) is 5.76. The number of hydrogen-bond donors (Lipinski definition) is 0. The monoisotopic (exact) mass is 351 g/mol. The van der Waals surface area contributed by atoms with E-state index in [0.717, 1.165) is 12.2 Å². The molecule has 0 saturated carbocycles. The highest BCUT2D eigenvalue weighted by molar-refractivity contribution is 6.09. The van der Waals surface area contributed by atoms with Crippen molar-refractivity contribution >= 4 is 11.5 Å². The van der Waals surface area contributed by atoms with Crippen LogP contribution in [0.4, 0.5) is 5.69 Å². The van der Waals surface area contributed by atoms with Crippen LogP contribution in [-0.4, -0.2) is 17.3 Å². The van der Waals surface area contributed by atoms with E-state index in [-0.39, 0.29) is 11.5 Å². The molecule has 0 spiro atoms. The average molecular weight is 351 g/mol. The molecule has 0 bridgehead atoms. The second kappa shape index (κ2) is 10.00. The van der Waals surface area contributed by atoms with E-state index in [0.29, 0.717) is 17.7 Å². The van der Waals surface area contributed by atoms with Crippen molar-refractivity contribution in [2.75, 3.05) is 6.61 Å². The minimum absolute atomic E-state index is 0.0557. The zero-order valence-electron chi connectivity index (χ0n) is 14.7. The van der Waals surface area contributed by atoms with Crippen LogP contribution < -0.4 is 4.74 Å².